The second kappa shape index (κ2) is 9.96. The summed E-state index contributed by atoms with van der Waals surface area (Å²) in [5.74, 6) is 0.658. The lowest BCUT2D eigenvalue weighted by Crippen LogP contribution is -2.50. The number of ether oxygens (including phenoxy) is 2. The van der Waals surface area contributed by atoms with E-state index in [1.165, 1.54) is 0 Å². The van der Waals surface area contributed by atoms with Gasteiger partial charge in [0.15, 0.2) is 11.5 Å². The lowest BCUT2D eigenvalue weighted by molar-refractivity contribution is -0.124. The number of hydrogen-bond acceptors (Lipinski definition) is 4. The smallest absolute Gasteiger partial charge is 0.251 e. The van der Waals surface area contributed by atoms with Crippen molar-refractivity contribution in [3.63, 3.8) is 0 Å². The Morgan fingerprint density at radius 2 is 1.59 bits per heavy atom. The Bertz CT molecular complexity index is 864. The van der Waals surface area contributed by atoms with E-state index >= 15 is 0 Å². The Hall–Kier alpha value is -3.02. The number of rotatable bonds is 8. The van der Waals surface area contributed by atoms with Crippen LogP contribution < -0.4 is 20.1 Å². The molecule has 0 saturated carbocycles. The summed E-state index contributed by atoms with van der Waals surface area (Å²) in [4.78, 5) is 25.5. The number of aryl methyl sites for hydroxylation is 1. The first-order chi connectivity index (χ1) is 13.8. The van der Waals surface area contributed by atoms with Gasteiger partial charge in [0.25, 0.3) is 5.91 Å². The monoisotopic (exact) mass is 398 g/mol. The molecule has 0 heterocycles. The second-order valence-corrected chi connectivity index (χ2v) is 7.41. The molecule has 2 amide bonds. The topological polar surface area (TPSA) is 76.7 Å². The Morgan fingerprint density at radius 1 is 0.897 bits per heavy atom. The van der Waals surface area contributed by atoms with Crippen molar-refractivity contribution in [2.75, 3.05) is 14.2 Å². The number of carbonyl (C=O) groups excluding carboxylic acids is 2. The molecule has 0 saturated heterocycles. The Balaban J connectivity index is 2.12. The van der Waals surface area contributed by atoms with Crippen molar-refractivity contribution < 1.29 is 19.1 Å². The van der Waals surface area contributed by atoms with Crippen LogP contribution in [-0.2, 0) is 4.79 Å². The van der Waals surface area contributed by atoms with E-state index in [2.05, 4.69) is 10.6 Å². The summed E-state index contributed by atoms with van der Waals surface area (Å²) < 4.78 is 10.6. The average molecular weight is 399 g/mol. The lowest BCUT2D eigenvalue weighted by Gasteiger charge is -2.24. The minimum atomic E-state index is -0.648. The number of methoxy groups -OCH3 is 2. The molecule has 0 fully saturated rings. The van der Waals surface area contributed by atoms with E-state index in [9.17, 15) is 9.59 Å². The first kappa shape index (κ1) is 22.3. The molecule has 6 nitrogen and oxygen atoms in total. The molecule has 29 heavy (non-hydrogen) atoms. The largest absolute Gasteiger partial charge is 0.493 e. The maximum absolute atomic E-state index is 12.9. The quantitative estimate of drug-likeness (QED) is 0.712. The van der Waals surface area contributed by atoms with Crippen molar-refractivity contribution in [3.05, 3.63) is 59.2 Å². The Labute approximate surface area is 172 Å². The first-order valence-corrected chi connectivity index (χ1v) is 9.66. The van der Waals surface area contributed by atoms with Crippen LogP contribution in [0.4, 0.5) is 0 Å². The van der Waals surface area contributed by atoms with E-state index < -0.39 is 6.04 Å². The summed E-state index contributed by atoms with van der Waals surface area (Å²) >= 11 is 0. The van der Waals surface area contributed by atoms with Crippen LogP contribution in [0.15, 0.2) is 42.5 Å². The molecule has 0 aliphatic rings. The molecule has 2 aromatic carbocycles. The van der Waals surface area contributed by atoms with Crippen molar-refractivity contribution in [1.82, 2.24) is 10.6 Å². The number of nitrogens with one attached hydrogen (secondary N) is 2. The van der Waals surface area contributed by atoms with Crippen molar-refractivity contribution in [2.45, 2.75) is 39.8 Å². The molecule has 0 aliphatic carbocycles. The summed E-state index contributed by atoms with van der Waals surface area (Å²) in [5.41, 5.74) is 2.41. The highest BCUT2D eigenvalue weighted by Crippen LogP contribution is 2.29. The van der Waals surface area contributed by atoms with E-state index in [0.717, 1.165) is 11.1 Å². The van der Waals surface area contributed by atoms with Gasteiger partial charge in [-0.05, 0) is 49.6 Å². The molecule has 0 aliphatic heterocycles. The number of benzene rings is 2. The van der Waals surface area contributed by atoms with Gasteiger partial charge in [-0.2, -0.15) is 0 Å². The maximum atomic E-state index is 12.9. The predicted molar refractivity (Wildman–Crippen MR) is 113 cm³/mol. The van der Waals surface area contributed by atoms with E-state index in [-0.39, 0.29) is 23.8 Å². The summed E-state index contributed by atoms with van der Waals surface area (Å²) in [5, 5.41) is 5.85. The van der Waals surface area contributed by atoms with E-state index in [4.69, 9.17) is 9.47 Å². The Morgan fingerprint density at radius 3 is 2.17 bits per heavy atom. The van der Waals surface area contributed by atoms with Crippen molar-refractivity contribution in [1.29, 1.82) is 0 Å². The highest BCUT2D eigenvalue weighted by atomic mass is 16.5. The third kappa shape index (κ3) is 5.73. The summed E-state index contributed by atoms with van der Waals surface area (Å²) in [6, 6.07) is 11.9. The van der Waals surface area contributed by atoms with Gasteiger partial charge in [0.1, 0.15) is 6.04 Å². The predicted octanol–water partition coefficient (Wildman–Crippen LogP) is 3.64. The molecule has 6 heteroatoms. The van der Waals surface area contributed by atoms with Crippen LogP contribution in [0, 0.1) is 12.8 Å². The minimum Gasteiger partial charge on any atom is -0.493 e. The van der Waals surface area contributed by atoms with Crippen LogP contribution >= 0.6 is 0 Å². The van der Waals surface area contributed by atoms with E-state index in [1.807, 2.05) is 52.0 Å². The third-order valence-electron chi connectivity index (χ3n) is 4.78. The van der Waals surface area contributed by atoms with Crippen molar-refractivity contribution >= 4 is 11.8 Å². The lowest BCUT2D eigenvalue weighted by atomic mass is 10.0. The van der Waals surface area contributed by atoms with Gasteiger partial charge in [-0.25, -0.2) is 0 Å². The van der Waals surface area contributed by atoms with Gasteiger partial charge < -0.3 is 20.1 Å². The fraction of sp³-hybridized carbons (Fsp3) is 0.391. The van der Waals surface area contributed by atoms with Crippen LogP contribution in [0.3, 0.4) is 0 Å². The number of amides is 2. The maximum Gasteiger partial charge on any atom is 0.251 e. The fourth-order valence-corrected chi connectivity index (χ4v) is 3.05. The van der Waals surface area contributed by atoms with Crippen LogP contribution in [0.1, 0.15) is 48.3 Å². The second-order valence-electron chi connectivity index (χ2n) is 7.41. The molecular formula is C23H30N2O4. The third-order valence-corrected chi connectivity index (χ3v) is 4.78. The van der Waals surface area contributed by atoms with Crippen LogP contribution in [0.25, 0.3) is 0 Å². The van der Waals surface area contributed by atoms with Crippen LogP contribution in [0.5, 0.6) is 11.5 Å². The van der Waals surface area contributed by atoms with Crippen LogP contribution in [-0.4, -0.2) is 32.1 Å². The molecule has 2 rings (SSSR count). The summed E-state index contributed by atoms with van der Waals surface area (Å²) in [6.07, 6.45) is 0. The zero-order valence-corrected chi connectivity index (χ0v) is 17.9. The zero-order valence-electron chi connectivity index (χ0n) is 17.9. The zero-order chi connectivity index (χ0) is 21.6. The molecule has 156 valence electrons. The normalized spacial score (nSPS) is 12.8. The molecule has 0 spiro atoms. The van der Waals surface area contributed by atoms with Crippen molar-refractivity contribution in [2.24, 2.45) is 5.92 Å². The SMILES string of the molecule is COc1ccc(C(C)NC(=O)C(NC(=O)c2cccc(C)c2)C(C)C)cc1OC. The molecule has 0 radical (unpaired) electrons. The minimum absolute atomic E-state index is 0.0682. The molecule has 2 unspecified atom stereocenters. The fourth-order valence-electron chi connectivity index (χ4n) is 3.05. The number of hydrogen-bond donors (Lipinski definition) is 2. The number of carbonyl (C=O) groups is 2. The summed E-state index contributed by atoms with van der Waals surface area (Å²) in [7, 11) is 3.15. The van der Waals surface area contributed by atoms with Gasteiger partial charge in [0, 0.05) is 5.56 Å². The van der Waals surface area contributed by atoms with Gasteiger partial charge in [-0.3, -0.25) is 9.59 Å². The molecule has 0 aromatic heterocycles. The highest BCUT2D eigenvalue weighted by molar-refractivity contribution is 5.97. The Kier molecular flexibility index (Phi) is 7.65. The van der Waals surface area contributed by atoms with Crippen molar-refractivity contribution in [3.8, 4) is 11.5 Å². The van der Waals surface area contributed by atoms with Gasteiger partial charge in [-0.15, -0.1) is 0 Å². The molecule has 2 N–H and O–H groups in total. The molecular weight excluding hydrogens is 368 g/mol. The average Bonchev–Trinajstić information content (AvgIpc) is 2.70. The molecule has 0 bridgehead atoms. The van der Waals surface area contributed by atoms with Gasteiger partial charge in [0.2, 0.25) is 5.91 Å². The first-order valence-electron chi connectivity index (χ1n) is 9.66. The van der Waals surface area contributed by atoms with Gasteiger partial charge in [0.05, 0.1) is 20.3 Å². The molecule has 2 aromatic rings. The highest BCUT2D eigenvalue weighted by Gasteiger charge is 2.26. The van der Waals surface area contributed by atoms with E-state index in [1.54, 1.807) is 32.4 Å². The standard InChI is InChI=1S/C23H30N2O4/c1-14(2)21(25-22(26)18-9-7-8-15(3)12-18)23(27)24-16(4)17-10-11-19(28-5)20(13-17)29-6/h7-14,16,21H,1-6H3,(H,24,27)(H,25,26). The van der Waals surface area contributed by atoms with E-state index in [0.29, 0.717) is 17.1 Å². The van der Waals surface area contributed by atoms with Gasteiger partial charge in [-0.1, -0.05) is 37.6 Å². The molecule has 2 atom stereocenters. The summed E-state index contributed by atoms with van der Waals surface area (Å²) in [6.45, 7) is 7.62. The van der Waals surface area contributed by atoms with Crippen LogP contribution in [0.2, 0.25) is 0 Å². The van der Waals surface area contributed by atoms with Gasteiger partial charge >= 0.3 is 0 Å².